The second-order valence-corrected chi connectivity index (χ2v) is 6.73. The number of aromatic nitrogens is 5. The molecule has 146 valence electrons. The maximum absolute atomic E-state index is 13.3. The Hall–Kier alpha value is -3.20. The van der Waals surface area contributed by atoms with E-state index in [4.69, 9.17) is 9.47 Å². The van der Waals surface area contributed by atoms with Gasteiger partial charge >= 0.3 is 6.01 Å². The summed E-state index contributed by atoms with van der Waals surface area (Å²) in [6.07, 6.45) is 5.71. The molecule has 3 heterocycles. The lowest BCUT2D eigenvalue weighted by molar-refractivity contribution is -0.0170. The van der Waals surface area contributed by atoms with Gasteiger partial charge in [-0.15, -0.1) is 0 Å². The van der Waals surface area contributed by atoms with Gasteiger partial charge < -0.3 is 9.47 Å². The molecule has 0 radical (unpaired) electrons. The fraction of sp³-hybridized carbons (Fsp3) is 0.316. The molecule has 28 heavy (non-hydrogen) atoms. The normalized spacial score (nSPS) is 11.4. The van der Waals surface area contributed by atoms with Crippen molar-refractivity contribution in [1.29, 1.82) is 0 Å². The van der Waals surface area contributed by atoms with Gasteiger partial charge in [0.15, 0.2) is 0 Å². The number of halogens is 1. The summed E-state index contributed by atoms with van der Waals surface area (Å²) >= 11 is 0. The van der Waals surface area contributed by atoms with Crippen LogP contribution in [0.4, 0.5) is 4.39 Å². The van der Waals surface area contributed by atoms with Gasteiger partial charge in [0.05, 0.1) is 24.0 Å². The molecule has 0 saturated heterocycles. The van der Waals surface area contributed by atoms with Gasteiger partial charge in [-0.05, 0) is 31.5 Å². The molecule has 0 atom stereocenters. The third-order valence-corrected chi connectivity index (χ3v) is 3.99. The highest BCUT2D eigenvalue weighted by atomic mass is 19.1. The van der Waals surface area contributed by atoms with Crippen LogP contribution >= 0.6 is 0 Å². The van der Waals surface area contributed by atoms with Crippen molar-refractivity contribution in [2.75, 3.05) is 13.7 Å². The SMILES string of the molecule is COC(C)(C)COc1ncc(-c2ccc(=O)n(Cc3cncc(F)c3)n2)cn1. The average Bonchev–Trinajstić information content (AvgIpc) is 2.69. The summed E-state index contributed by atoms with van der Waals surface area (Å²) in [7, 11) is 1.60. The van der Waals surface area contributed by atoms with E-state index >= 15 is 0 Å². The molecule has 0 aliphatic carbocycles. The van der Waals surface area contributed by atoms with Crippen molar-refractivity contribution in [3.63, 3.8) is 0 Å². The Morgan fingerprint density at radius 3 is 2.57 bits per heavy atom. The summed E-state index contributed by atoms with van der Waals surface area (Å²) in [6.45, 7) is 4.19. The van der Waals surface area contributed by atoms with Crippen LogP contribution < -0.4 is 10.3 Å². The molecule has 0 aliphatic heterocycles. The van der Waals surface area contributed by atoms with Crippen LogP contribution in [-0.2, 0) is 11.3 Å². The van der Waals surface area contributed by atoms with E-state index in [2.05, 4.69) is 20.1 Å². The van der Waals surface area contributed by atoms with Gasteiger partial charge in [0.25, 0.3) is 5.56 Å². The summed E-state index contributed by atoms with van der Waals surface area (Å²) in [6, 6.07) is 4.49. The zero-order valence-corrected chi connectivity index (χ0v) is 15.8. The minimum absolute atomic E-state index is 0.103. The Kier molecular flexibility index (Phi) is 5.74. The Labute approximate surface area is 161 Å². The summed E-state index contributed by atoms with van der Waals surface area (Å²) in [5.41, 5.74) is 0.894. The van der Waals surface area contributed by atoms with Crippen molar-refractivity contribution in [2.24, 2.45) is 0 Å². The van der Waals surface area contributed by atoms with Crippen molar-refractivity contribution in [3.8, 4) is 17.3 Å². The van der Waals surface area contributed by atoms with Crippen molar-refractivity contribution >= 4 is 0 Å². The van der Waals surface area contributed by atoms with Gasteiger partial charge in [-0.25, -0.2) is 19.0 Å². The van der Waals surface area contributed by atoms with Crippen LogP contribution in [0, 0.1) is 5.82 Å². The van der Waals surface area contributed by atoms with Crippen molar-refractivity contribution in [2.45, 2.75) is 26.0 Å². The molecular weight excluding hydrogens is 365 g/mol. The van der Waals surface area contributed by atoms with Crippen LogP contribution in [0.1, 0.15) is 19.4 Å². The van der Waals surface area contributed by atoms with Gasteiger partial charge in [0.2, 0.25) is 0 Å². The van der Waals surface area contributed by atoms with E-state index in [1.54, 1.807) is 25.6 Å². The maximum Gasteiger partial charge on any atom is 0.316 e. The van der Waals surface area contributed by atoms with Crippen molar-refractivity contribution < 1.29 is 13.9 Å². The first-order chi connectivity index (χ1) is 13.4. The third-order valence-electron chi connectivity index (χ3n) is 3.99. The standard InChI is InChI=1S/C19H20FN5O3/c1-19(2,27-3)12-28-18-22-8-14(9-23-18)16-4-5-17(26)25(24-16)11-13-6-15(20)10-21-7-13/h4-10H,11-12H2,1-3H3. The molecule has 8 nitrogen and oxygen atoms in total. The Morgan fingerprint density at radius 2 is 1.89 bits per heavy atom. The number of pyridine rings is 1. The minimum Gasteiger partial charge on any atom is -0.460 e. The van der Waals surface area contributed by atoms with Crippen LogP contribution in [0.3, 0.4) is 0 Å². The summed E-state index contributed by atoms with van der Waals surface area (Å²) in [5.74, 6) is -0.470. The minimum atomic E-state index is -0.470. The molecule has 0 N–H and O–H groups in total. The van der Waals surface area contributed by atoms with Crippen molar-refractivity contribution in [3.05, 3.63) is 64.7 Å². The summed E-state index contributed by atoms with van der Waals surface area (Å²) < 4.78 is 25.3. The molecule has 0 amide bonds. The topological polar surface area (TPSA) is 92.0 Å². The second kappa shape index (κ2) is 8.22. The fourth-order valence-corrected chi connectivity index (χ4v) is 2.25. The number of nitrogens with zero attached hydrogens (tertiary/aromatic N) is 5. The monoisotopic (exact) mass is 385 g/mol. The van der Waals surface area contributed by atoms with Crippen LogP contribution in [0.2, 0.25) is 0 Å². The molecular formula is C19H20FN5O3. The largest absolute Gasteiger partial charge is 0.460 e. The predicted octanol–water partition coefficient (Wildman–Crippen LogP) is 2.09. The molecule has 3 aromatic rings. The van der Waals surface area contributed by atoms with E-state index in [0.717, 1.165) is 6.20 Å². The molecule has 3 rings (SSSR count). The fourth-order valence-electron chi connectivity index (χ4n) is 2.25. The highest BCUT2D eigenvalue weighted by Crippen LogP contribution is 2.16. The Morgan fingerprint density at radius 1 is 1.14 bits per heavy atom. The molecule has 0 unspecified atom stereocenters. The Bertz CT molecular complexity index is 1000. The first kappa shape index (κ1) is 19.6. The number of hydrogen-bond donors (Lipinski definition) is 0. The lowest BCUT2D eigenvalue weighted by Gasteiger charge is -2.21. The second-order valence-electron chi connectivity index (χ2n) is 6.73. The zero-order chi connectivity index (χ0) is 20.1. The van der Waals surface area contributed by atoms with Gasteiger partial charge in [-0.1, -0.05) is 0 Å². The summed E-state index contributed by atoms with van der Waals surface area (Å²) in [5, 5.41) is 4.31. The van der Waals surface area contributed by atoms with Gasteiger partial charge in [-0.2, -0.15) is 5.10 Å². The van der Waals surface area contributed by atoms with Crippen LogP contribution in [0.15, 0.2) is 47.8 Å². The highest BCUT2D eigenvalue weighted by molar-refractivity contribution is 5.55. The van der Waals surface area contributed by atoms with E-state index in [9.17, 15) is 9.18 Å². The first-order valence-electron chi connectivity index (χ1n) is 8.54. The van der Waals surface area contributed by atoms with Crippen molar-refractivity contribution in [1.82, 2.24) is 24.7 Å². The number of ether oxygens (including phenoxy) is 2. The summed E-state index contributed by atoms with van der Waals surface area (Å²) in [4.78, 5) is 24.2. The number of rotatable bonds is 7. The number of methoxy groups -OCH3 is 1. The highest BCUT2D eigenvalue weighted by Gasteiger charge is 2.18. The van der Waals surface area contributed by atoms with E-state index in [-0.39, 0.29) is 18.1 Å². The van der Waals surface area contributed by atoms with E-state index in [0.29, 0.717) is 23.4 Å². The van der Waals surface area contributed by atoms with E-state index < -0.39 is 11.4 Å². The lowest BCUT2D eigenvalue weighted by atomic mass is 10.1. The van der Waals surface area contributed by atoms with Gasteiger partial charge in [0.1, 0.15) is 12.4 Å². The van der Waals surface area contributed by atoms with Crippen LogP contribution in [0.5, 0.6) is 6.01 Å². The molecule has 0 aliphatic rings. The van der Waals surface area contributed by atoms with Gasteiger partial charge in [0, 0.05) is 37.3 Å². The third kappa shape index (κ3) is 4.95. The maximum atomic E-state index is 13.3. The smallest absolute Gasteiger partial charge is 0.316 e. The number of hydrogen-bond acceptors (Lipinski definition) is 7. The van der Waals surface area contributed by atoms with E-state index in [1.165, 1.54) is 23.0 Å². The molecule has 0 saturated carbocycles. The zero-order valence-electron chi connectivity index (χ0n) is 15.8. The quantitative estimate of drug-likeness (QED) is 0.615. The predicted molar refractivity (Wildman–Crippen MR) is 99.4 cm³/mol. The van der Waals surface area contributed by atoms with Gasteiger partial charge in [-0.3, -0.25) is 9.78 Å². The Balaban J connectivity index is 1.77. The first-order valence-corrected chi connectivity index (χ1v) is 8.54. The molecule has 0 aromatic carbocycles. The van der Waals surface area contributed by atoms with Crippen LogP contribution in [0.25, 0.3) is 11.3 Å². The molecule has 3 aromatic heterocycles. The molecule has 0 fully saturated rings. The van der Waals surface area contributed by atoms with Crippen LogP contribution in [-0.4, -0.2) is 44.1 Å². The van der Waals surface area contributed by atoms with E-state index in [1.807, 2.05) is 13.8 Å². The average molecular weight is 385 g/mol. The molecule has 9 heteroatoms. The lowest BCUT2D eigenvalue weighted by Crippen LogP contribution is -2.31. The molecule has 0 bridgehead atoms. The molecule has 0 spiro atoms.